The van der Waals surface area contributed by atoms with Crippen molar-refractivity contribution in [3.05, 3.63) is 29.8 Å². The average molecular weight is 262 g/mol. The van der Waals surface area contributed by atoms with Crippen molar-refractivity contribution < 1.29 is 9.53 Å². The Kier molecular flexibility index (Phi) is 4.43. The van der Waals surface area contributed by atoms with Crippen molar-refractivity contribution in [2.45, 2.75) is 32.9 Å². The van der Waals surface area contributed by atoms with Gasteiger partial charge in [0.2, 0.25) is 0 Å². The number of carbonyl (C=O) groups excluding carboxylic acids is 1. The van der Waals surface area contributed by atoms with Gasteiger partial charge in [-0.2, -0.15) is 0 Å². The Bertz CT molecular complexity index is 446. The molecule has 1 aliphatic rings. The van der Waals surface area contributed by atoms with E-state index in [9.17, 15) is 4.79 Å². The Labute approximate surface area is 114 Å². The molecule has 1 aromatic rings. The molecule has 0 radical (unpaired) electrons. The summed E-state index contributed by atoms with van der Waals surface area (Å²) >= 11 is 0. The fraction of sp³-hybridized carbons (Fsp3) is 0.533. The molecule has 0 aliphatic carbocycles. The van der Waals surface area contributed by atoms with E-state index in [-0.39, 0.29) is 12.0 Å². The van der Waals surface area contributed by atoms with Crippen LogP contribution >= 0.6 is 0 Å². The number of nitrogens with one attached hydrogen (secondary N) is 1. The summed E-state index contributed by atoms with van der Waals surface area (Å²) in [7, 11) is 0. The van der Waals surface area contributed by atoms with Crippen molar-refractivity contribution in [1.29, 1.82) is 0 Å². The van der Waals surface area contributed by atoms with Crippen LogP contribution < -0.4 is 10.1 Å². The zero-order chi connectivity index (χ0) is 13.8. The number of ether oxygens (including phenoxy) is 1. The van der Waals surface area contributed by atoms with Crippen molar-refractivity contribution in [1.82, 2.24) is 10.2 Å². The molecule has 0 saturated carbocycles. The van der Waals surface area contributed by atoms with Crippen molar-refractivity contribution in [3.63, 3.8) is 0 Å². The second-order valence-electron chi connectivity index (χ2n) is 5.30. The molecule has 1 aromatic carbocycles. The van der Waals surface area contributed by atoms with Crippen LogP contribution in [0, 0.1) is 0 Å². The molecule has 1 saturated heterocycles. The Morgan fingerprint density at radius 1 is 1.47 bits per heavy atom. The summed E-state index contributed by atoms with van der Waals surface area (Å²) in [4.78, 5) is 14.3. The minimum absolute atomic E-state index is 0.0857. The van der Waals surface area contributed by atoms with E-state index in [1.54, 1.807) is 0 Å². The van der Waals surface area contributed by atoms with Crippen LogP contribution in [0.15, 0.2) is 24.3 Å². The highest BCUT2D eigenvalue weighted by atomic mass is 16.5. The van der Waals surface area contributed by atoms with E-state index in [2.05, 4.69) is 12.2 Å². The number of rotatable bonds is 3. The maximum Gasteiger partial charge on any atom is 0.254 e. The van der Waals surface area contributed by atoms with Gasteiger partial charge >= 0.3 is 0 Å². The molecule has 0 aromatic heterocycles. The Morgan fingerprint density at radius 3 is 2.95 bits per heavy atom. The monoisotopic (exact) mass is 262 g/mol. The van der Waals surface area contributed by atoms with Gasteiger partial charge < -0.3 is 15.0 Å². The largest absolute Gasteiger partial charge is 0.491 e. The number of carbonyl (C=O) groups is 1. The highest BCUT2D eigenvalue weighted by molar-refractivity contribution is 5.94. The van der Waals surface area contributed by atoms with Crippen LogP contribution in [-0.4, -0.2) is 42.6 Å². The smallest absolute Gasteiger partial charge is 0.254 e. The number of hydrogen-bond acceptors (Lipinski definition) is 3. The lowest BCUT2D eigenvalue weighted by atomic mass is 10.1. The molecular formula is C15H22N2O2. The van der Waals surface area contributed by atoms with Crippen LogP contribution in [0.2, 0.25) is 0 Å². The van der Waals surface area contributed by atoms with Crippen molar-refractivity contribution in [3.8, 4) is 5.75 Å². The summed E-state index contributed by atoms with van der Waals surface area (Å²) in [5.41, 5.74) is 0.701. The zero-order valence-corrected chi connectivity index (χ0v) is 11.8. The van der Waals surface area contributed by atoms with E-state index in [0.717, 1.165) is 25.4 Å². The molecule has 1 atom stereocenters. The first kappa shape index (κ1) is 13.9. The van der Waals surface area contributed by atoms with E-state index in [1.807, 2.05) is 43.0 Å². The van der Waals surface area contributed by atoms with Crippen molar-refractivity contribution in [2.24, 2.45) is 0 Å². The fourth-order valence-electron chi connectivity index (χ4n) is 2.27. The molecule has 0 spiro atoms. The zero-order valence-electron chi connectivity index (χ0n) is 11.8. The molecule has 0 bridgehead atoms. The van der Waals surface area contributed by atoms with Crippen LogP contribution in [0.3, 0.4) is 0 Å². The summed E-state index contributed by atoms with van der Waals surface area (Å²) in [5, 5.41) is 3.34. The number of amides is 1. The maximum atomic E-state index is 12.4. The molecule has 4 nitrogen and oxygen atoms in total. The van der Waals surface area contributed by atoms with Crippen LogP contribution in [0.4, 0.5) is 0 Å². The normalized spacial score (nSPS) is 19.6. The Hall–Kier alpha value is -1.55. The number of hydrogen-bond donors (Lipinski definition) is 1. The molecule has 19 heavy (non-hydrogen) atoms. The Balaban J connectivity index is 2.10. The molecule has 2 rings (SSSR count). The summed E-state index contributed by atoms with van der Waals surface area (Å²) in [5.74, 6) is 0.839. The highest BCUT2D eigenvalue weighted by Gasteiger charge is 2.21. The lowest BCUT2D eigenvalue weighted by molar-refractivity contribution is 0.0708. The summed E-state index contributed by atoms with van der Waals surface area (Å²) in [6, 6.07) is 7.79. The molecule has 4 heteroatoms. The first-order chi connectivity index (χ1) is 9.06. The first-order valence-corrected chi connectivity index (χ1v) is 6.85. The second kappa shape index (κ2) is 6.06. The van der Waals surface area contributed by atoms with Gasteiger partial charge in [-0.15, -0.1) is 0 Å². The lowest BCUT2D eigenvalue weighted by Gasteiger charge is -2.32. The van der Waals surface area contributed by atoms with Gasteiger partial charge in [-0.1, -0.05) is 6.07 Å². The molecule has 1 N–H and O–H groups in total. The van der Waals surface area contributed by atoms with E-state index in [1.165, 1.54) is 0 Å². The highest BCUT2D eigenvalue weighted by Crippen LogP contribution is 2.17. The van der Waals surface area contributed by atoms with E-state index in [0.29, 0.717) is 11.6 Å². The minimum Gasteiger partial charge on any atom is -0.491 e. The average Bonchev–Trinajstić information content (AvgIpc) is 2.37. The van der Waals surface area contributed by atoms with Crippen molar-refractivity contribution >= 4 is 5.91 Å². The third-order valence-corrected chi connectivity index (χ3v) is 3.11. The summed E-state index contributed by atoms with van der Waals surface area (Å²) in [6.45, 7) is 8.43. The standard InChI is InChI=1S/C15H22N2O2/c1-11(2)19-14-6-4-5-13(9-14)15(18)17-8-7-16-12(3)10-17/h4-6,9,11-12,16H,7-8,10H2,1-3H3/t12-/m0/s1. The van der Waals surface area contributed by atoms with Gasteiger partial charge in [0.15, 0.2) is 0 Å². The van der Waals surface area contributed by atoms with Gasteiger partial charge in [0, 0.05) is 31.2 Å². The molecule has 1 heterocycles. The maximum absolute atomic E-state index is 12.4. The SMILES string of the molecule is CC(C)Oc1cccc(C(=O)N2CCN[C@@H](C)C2)c1. The number of nitrogens with zero attached hydrogens (tertiary/aromatic N) is 1. The van der Waals surface area contributed by atoms with Crippen LogP contribution in [0.5, 0.6) is 5.75 Å². The summed E-state index contributed by atoms with van der Waals surface area (Å²) in [6.07, 6.45) is 0.115. The van der Waals surface area contributed by atoms with E-state index >= 15 is 0 Å². The van der Waals surface area contributed by atoms with Gasteiger partial charge in [0.05, 0.1) is 6.10 Å². The number of benzene rings is 1. The minimum atomic E-state index is 0.0857. The lowest BCUT2D eigenvalue weighted by Crippen LogP contribution is -2.51. The van der Waals surface area contributed by atoms with E-state index in [4.69, 9.17) is 4.74 Å². The second-order valence-corrected chi connectivity index (χ2v) is 5.30. The Morgan fingerprint density at radius 2 is 2.26 bits per heavy atom. The summed E-state index contributed by atoms with van der Waals surface area (Å²) < 4.78 is 5.63. The number of piperazine rings is 1. The molecule has 1 aliphatic heterocycles. The molecule has 0 unspecified atom stereocenters. The quantitative estimate of drug-likeness (QED) is 0.904. The first-order valence-electron chi connectivity index (χ1n) is 6.85. The molecular weight excluding hydrogens is 240 g/mol. The van der Waals surface area contributed by atoms with Crippen LogP contribution in [0.25, 0.3) is 0 Å². The third-order valence-electron chi connectivity index (χ3n) is 3.11. The van der Waals surface area contributed by atoms with Gasteiger partial charge in [0.1, 0.15) is 5.75 Å². The van der Waals surface area contributed by atoms with Gasteiger partial charge in [-0.3, -0.25) is 4.79 Å². The van der Waals surface area contributed by atoms with E-state index < -0.39 is 0 Å². The topological polar surface area (TPSA) is 41.6 Å². The molecule has 1 fully saturated rings. The predicted octanol–water partition coefficient (Wildman–Crippen LogP) is 1.91. The van der Waals surface area contributed by atoms with Gasteiger partial charge in [-0.25, -0.2) is 0 Å². The van der Waals surface area contributed by atoms with Crippen LogP contribution in [0.1, 0.15) is 31.1 Å². The van der Waals surface area contributed by atoms with Crippen LogP contribution in [-0.2, 0) is 0 Å². The molecule has 104 valence electrons. The van der Waals surface area contributed by atoms with Gasteiger partial charge in [0.25, 0.3) is 5.91 Å². The van der Waals surface area contributed by atoms with Crippen molar-refractivity contribution in [2.75, 3.05) is 19.6 Å². The third kappa shape index (κ3) is 3.70. The van der Waals surface area contributed by atoms with Gasteiger partial charge in [-0.05, 0) is 39.0 Å². The fourth-order valence-corrected chi connectivity index (χ4v) is 2.27. The predicted molar refractivity (Wildman–Crippen MR) is 75.6 cm³/mol. The molecule has 1 amide bonds.